The van der Waals surface area contributed by atoms with E-state index < -0.39 is 0 Å². The SMILES string of the molecule is CCCCCCC=CCCC(C)=O. The van der Waals surface area contributed by atoms with Crippen molar-refractivity contribution < 1.29 is 4.79 Å². The molecule has 0 saturated carbocycles. The minimum absolute atomic E-state index is 0.288. The molecule has 0 unspecified atom stereocenters. The zero-order valence-corrected chi connectivity index (χ0v) is 9.01. The quantitative estimate of drug-likeness (QED) is 0.411. The first kappa shape index (κ1) is 12.4. The fourth-order valence-electron chi connectivity index (χ4n) is 1.21. The van der Waals surface area contributed by atoms with Crippen LogP contribution in [0.15, 0.2) is 12.2 Å². The summed E-state index contributed by atoms with van der Waals surface area (Å²) in [6.45, 7) is 3.87. The summed E-state index contributed by atoms with van der Waals surface area (Å²) in [5.41, 5.74) is 0. The summed E-state index contributed by atoms with van der Waals surface area (Å²) in [5.74, 6) is 0.288. The van der Waals surface area contributed by atoms with Crippen molar-refractivity contribution in [2.75, 3.05) is 0 Å². The molecule has 0 fully saturated rings. The van der Waals surface area contributed by atoms with Crippen LogP contribution in [0, 0.1) is 0 Å². The normalized spacial score (nSPS) is 10.9. The molecule has 0 aliphatic heterocycles. The number of hydrogen-bond acceptors (Lipinski definition) is 1. The molecular formula is C12H22O. The van der Waals surface area contributed by atoms with E-state index in [0.717, 1.165) is 6.42 Å². The summed E-state index contributed by atoms with van der Waals surface area (Å²) >= 11 is 0. The Hall–Kier alpha value is -0.590. The maximum Gasteiger partial charge on any atom is 0.130 e. The molecule has 0 saturated heterocycles. The first-order valence-corrected chi connectivity index (χ1v) is 5.41. The van der Waals surface area contributed by atoms with Gasteiger partial charge in [-0.25, -0.2) is 0 Å². The van der Waals surface area contributed by atoms with Crippen LogP contribution in [0.1, 0.15) is 58.8 Å². The van der Waals surface area contributed by atoms with E-state index in [4.69, 9.17) is 0 Å². The van der Waals surface area contributed by atoms with Gasteiger partial charge in [0.15, 0.2) is 0 Å². The minimum atomic E-state index is 0.288. The Labute approximate surface area is 82.2 Å². The highest BCUT2D eigenvalue weighted by atomic mass is 16.1. The molecule has 0 aromatic rings. The van der Waals surface area contributed by atoms with Gasteiger partial charge in [-0.05, 0) is 26.2 Å². The molecule has 13 heavy (non-hydrogen) atoms. The molecule has 1 heteroatoms. The Balaban J connectivity index is 3.08. The summed E-state index contributed by atoms with van der Waals surface area (Å²) in [7, 11) is 0. The third kappa shape index (κ3) is 11.4. The average molecular weight is 182 g/mol. The van der Waals surface area contributed by atoms with Gasteiger partial charge < -0.3 is 4.79 Å². The van der Waals surface area contributed by atoms with Crippen molar-refractivity contribution in [1.29, 1.82) is 0 Å². The summed E-state index contributed by atoms with van der Waals surface area (Å²) in [5, 5.41) is 0. The standard InChI is InChI=1S/C12H22O/c1-3-4-5-6-7-8-9-10-11-12(2)13/h8-9H,3-7,10-11H2,1-2H3. The lowest BCUT2D eigenvalue weighted by Crippen LogP contribution is -1.86. The lowest BCUT2D eigenvalue weighted by molar-refractivity contribution is -0.116. The Kier molecular flexibility index (Phi) is 9.07. The van der Waals surface area contributed by atoms with Gasteiger partial charge in [-0.1, -0.05) is 38.3 Å². The van der Waals surface area contributed by atoms with Crippen LogP contribution in [0.5, 0.6) is 0 Å². The highest BCUT2D eigenvalue weighted by molar-refractivity contribution is 5.75. The second-order valence-corrected chi connectivity index (χ2v) is 3.56. The molecule has 76 valence electrons. The number of hydrogen-bond donors (Lipinski definition) is 0. The van der Waals surface area contributed by atoms with Crippen molar-refractivity contribution in [3.05, 3.63) is 12.2 Å². The van der Waals surface area contributed by atoms with Crippen molar-refractivity contribution in [2.24, 2.45) is 0 Å². The summed E-state index contributed by atoms with van der Waals surface area (Å²) in [6, 6.07) is 0. The summed E-state index contributed by atoms with van der Waals surface area (Å²) in [6.07, 6.45) is 12.4. The number of rotatable bonds is 8. The third-order valence-electron chi connectivity index (χ3n) is 2.05. The Morgan fingerprint density at radius 3 is 2.38 bits per heavy atom. The van der Waals surface area contributed by atoms with Gasteiger partial charge in [0, 0.05) is 6.42 Å². The highest BCUT2D eigenvalue weighted by Crippen LogP contribution is 2.03. The molecule has 0 atom stereocenters. The minimum Gasteiger partial charge on any atom is -0.300 e. The van der Waals surface area contributed by atoms with Crippen molar-refractivity contribution in [3.63, 3.8) is 0 Å². The van der Waals surface area contributed by atoms with Gasteiger partial charge in [0.1, 0.15) is 5.78 Å². The molecule has 0 aromatic heterocycles. The molecular weight excluding hydrogens is 160 g/mol. The van der Waals surface area contributed by atoms with E-state index in [0.29, 0.717) is 6.42 Å². The lowest BCUT2D eigenvalue weighted by atomic mass is 10.1. The predicted molar refractivity (Wildman–Crippen MR) is 57.8 cm³/mol. The van der Waals surface area contributed by atoms with E-state index in [-0.39, 0.29) is 5.78 Å². The number of carbonyl (C=O) groups excluding carboxylic acids is 1. The highest BCUT2D eigenvalue weighted by Gasteiger charge is 1.88. The van der Waals surface area contributed by atoms with Crippen LogP contribution >= 0.6 is 0 Å². The average Bonchev–Trinajstić information content (AvgIpc) is 2.09. The lowest BCUT2D eigenvalue weighted by Gasteiger charge is -1.94. The van der Waals surface area contributed by atoms with Crippen molar-refractivity contribution >= 4 is 5.78 Å². The third-order valence-corrected chi connectivity index (χ3v) is 2.05. The van der Waals surface area contributed by atoms with E-state index in [2.05, 4.69) is 19.1 Å². The van der Waals surface area contributed by atoms with Crippen LogP contribution in [-0.4, -0.2) is 5.78 Å². The smallest absolute Gasteiger partial charge is 0.130 e. The van der Waals surface area contributed by atoms with Crippen LogP contribution in [0.2, 0.25) is 0 Å². The number of carbonyl (C=O) groups is 1. The number of unbranched alkanes of at least 4 members (excludes halogenated alkanes) is 4. The predicted octanol–water partition coefficient (Wildman–Crippen LogP) is 3.88. The number of ketones is 1. The van der Waals surface area contributed by atoms with Gasteiger partial charge in [-0.3, -0.25) is 0 Å². The van der Waals surface area contributed by atoms with E-state index >= 15 is 0 Å². The van der Waals surface area contributed by atoms with E-state index in [1.165, 1.54) is 32.1 Å². The van der Waals surface area contributed by atoms with Crippen LogP contribution in [0.25, 0.3) is 0 Å². The van der Waals surface area contributed by atoms with E-state index in [9.17, 15) is 4.79 Å². The molecule has 0 radical (unpaired) electrons. The van der Waals surface area contributed by atoms with E-state index in [1.54, 1.807) is 6.92 Å². The van der Waals surface area contributed by atoms with E-state index in [1.807, 2.05) is 0 Å². The Bertz CT molecular complexity index is 147. The second-order valence-electron chi connectivity index (χ2n) is 3.56. The molecule has 0 spiro atoms. The first-order chi connectivity index (χ1) is 6.27. The summed E-state index contributed by atoms with van der Waals surface area (Å²) in [4.78, 5) is 10.6. The monoisotopic (exact) mass is 182 g/mol. The fraction of sp³-hybridized carbons (Fsp3) is 0.750. The first-order valence-electron chi connectivity index (χ1n) is 5.41. The zero-order chi connectivity index (χ0) is 9.94. The van der Waals surface area contributed by atoms with Gasteiger partial charge in [0.05, 0.1) is 0 Å². The molecule has 0 aliphatic carbocycles. The van der Waals surface area contributed by atoms with Gasteiger partial charge >= 0.3 is 0 Å². The molecule has 0 aliphatic rings. The van der Waals surface area contributed by atoms with Crippen molar-refractivity contribution in [3.8, 4) is 0 Å². The zero-order valence-electron chi connectivity index (χ0n) is 9.01. The molecule has 0 bridgehead atoms. The molecule has 0 N–H and O–H groups in total. The van der Waals surface area contributed by atoms with Crippen LogP contribution in [-0.2, 0) is 4.79 Å². The molecule has 0 amide bonds. The fourth-order valence-corrected chi connectivity index (χ4v) is 1.21. The van der Waals surface area contributed by atoms with Gasteiger partial charge in [-0.15, -0.1) is 0 Å². The van der Waals surface area contributed by atoms with Gasteiger partial charge in [0.25, 0.3) is 0 Å². The van der Waals surface area contributed by atoms with Crippen LogP contribution < -0.4 is 0 Å². The maximum atomic E-state index is 10.6. The molecule has 0 rings (SSSR count). The van der Waals surface area contributed by atoms with Crippen molar-refractivity contribution in [1.82, 2.24) is 0 Å². The Morgan fingerprint density at radius 2 is 1.77 bits per heavy atom. The number of allylic oxidation sites excluding steroid dienone is 2. The largest absolute Gasteiger partial charge is 0.300 e. The topological polar surface area (TPSA) is 17.1 Å². The molecule has 1 nitrogen and oxygen atoms in total. The van der Waals surface area contributed by atoms with Crippen molar-refractivity contribution in [2.45, 2.75) is 58.8 Å². The molecule has 0 heterocycles. The second kappa shape index (κ2) is 9.50. The van der Waals surface area contributed by atoms with Crippen LogP contribution in [0.4, 0.5) is 0 Å². The van der Waals surface area contributed by atoms with Crippen LogP contribution in [0.3, 0.4) is 0 Å². The molecule has 0 aromatic carbocycles. The van der Waals surface area contributed by atoms with Gasteiger partial charge in [-0.2, -0.15) is 0 Å². The maximum absolute atomic E-state index is 10.6. The van der Waals surface area contributed by atoms with Gasteiger partial charge in [0.2, 0.25) is 0 Å². The Morgan fingerprint density at radius 1 is 1.08 bits per heavy atom. The summed E-state index contributed by atoms with van der Waals surface area (Å²) < 4.78 is 0. The number of Topliss-reactive ketones (excluding diaryl/α,β-unsaturated/α-hetero) is 1.